The predicted octanol–water partition coefficient (Wildman–Crippen LogP) is 2.14. The number of hydrogen-bond donors (Lipinski definition) is 2. The third-order valence-electron chi connectivity index (χ3n) is 2.30. The van der Waals surface area contributed by atoms with Crippen molar-refractivity contribution >= 4 is 17.4 Å². The smallest absolute Gasteiger partial charge is 0.319 e. The number of rotatable bonds is 7. The lowest BCUT2D eigenvalue weighted by molar-refractivity contribution is -0.383. The minimum atomic E-state index is -0.537. The van der Waals surface area contributed by atoms with Crippen LogP contribution in [-0.2, 0) is 4.74 Å². The van der Waals surface area contributed by atoms with Crippen molar-refractivity contribution in [3.63, 3.8) is 0 Å². The Bertz CT molecular complexity index is 437. The maximum Gasteiger partial charge on any atom is 0.319 e. The predicted molar refractivity (Wildman–Crippen MR) is 71.2 cm³/mol. The number of ether oxygens (including phenoxy) is 1. The molecule has 0 aliphatic carbocycles. The highest BCUT2D eigenvalue weighted by molar-refractivity contribution is 5.91. The molecule has 1 rings (SSSR count). The Morgan fingerprint density at radius 1 is 1.42 bits per heavy atom. The lowest BCUT2D eigenvalue weighted by Gasteiger charge is -2.07. The van der Waals surface area contributed by atoms with Crippen molar-refractivity contribution < 1.29 is 14.5 Å². The number of hydrogen-bond acceptors (Lipinski definition) is 4. The topological polar surface area (TPSA) is 93.5 Å². The molecule has 0 fully saturated rings. The minimum Gasteiger partial charge on any atom is -0.382 e. The highest BCUT2D eigenvalue weighted by Gasteiger charge is 2.13. The van der Waals surface area contributed by atoms with Crippen molar-refractivity contribution in [2.24, 2.45) is 0 Å². The quantitative estimate of drug-likeness (QED) is 0.449. The van der Waals surface area contributed by atoms with Crippen molar-refractivity contribution in [2.45, 2.75) is 13.3 Å². The van der Waals surface area contributed by atoms with Crippen molar-refractivity contribution in [1.82, 2.24) is 5.32 Å². The van der Waals surface area contributed by atoms with Gasteiger partial charge < -0.3 is 15.4 Å². The molecular formula is C12H17N3O4. The number of urea groups is 1. The van der Waals surface area contributed by atoms with Crippen LogP contribution < -0.4 is 10.6 Å². The van der Waals surface area contributed by atoms with Crippen molar-refractivity contribution in [1.29, 1.82) is 0 Å². The van der Waals surface area contributed by atoms with Gasteiger partial charge in [-0.15, -0.1) is 0 Å². The van der Waals surface area contributed by atoms with Gasteiger partial charge in [0.1, 0.15) is 5.69 Å². The first-order valence-corrected chi connectivity index (χ1v) is 6.01. The number of para-hydroxylation sites is 2. The Hall–Kier alpha value is -2.15. The SMILES string of the molecule is CCOCCCNC(=O)Nc1ccccc1[N+](=O)[O-]. The van der Waals surface area contributed by atoms with Crippen LogP contribution in [0, 0.1) is 10.1 Å². The summed E-state index contributed by atoms with van der Waals surface area (Å²) in [4.78, 5) is 21.8. The number of nitro benzene ring substituents is 1. The average molecular weight is 267 g/mol. The molecule has 7 heteroatoms. The normalized spacial score (nSPS) is 9.95. The number of nitro groups is 1. The van der Waals surface area contributed by atoms with Crippen molar-refractivity contribution in [2.75, 3.05) is 25.1 Å². The fourth-order valence-electron chi connectivity index (χ4n) is 1.43. The zero-order valence-corrected chi connectivity index (χ0v) is 10.7. The monoisotopic (exact) mass is 267 g/mol. The van der Waals surface area contributed by atoms with Crippen LogP contribution in [0.5, 0.6) is 0 Å². The van der Waals surface area contributed by atoms with E-state index in [4.69, 9.17) is 4.74 Å². The van der Waals surface area contributed by atoms with Gasteiger partial charge in [0.15, 0.2) is 0 Å². The second kappa shape index (κ2) is 8.04. The molecule has 0 saturated carbocycles. The number of nitrogens with zero attached hydrogens (tertiary/aromatic N) is 1. The van der Waals surface area contributed by atoms with Crippen molar-refractivity contribution in [3.05, 3.63) is 34.4 Å². The number of amides is 2. The number of nitrogens with one attached hydrogen (secondary N) is 2. The third kappa shape index (κ3) is 5.35. The summed E-state index contributed by atoms with van der Waals surface area (Å²) >= 11 is 0. The van der Waals surface area contributed by atoms with E-state index in [0.29, 0.717) is 26.2 Å². The van der Waals surface area contributed by atoms with Crippen LogP contribution >= 0.6 is 0 Å². The summed E-state index contributed by atoms with van der Waals surface area (Å²) in [7, 11) is 0. The molecule has 2 N–H and O–H groups in total. The Morgan fingerprint density at radius 2 is 2.16 bits per heavy atom. The van der Waals surface area contributed by atoms with Crippen LogP contribution in [0.2, 0.25) is 0 Å². The molecule has 0 heterocycles. The second-order valence-corrected chi connectivity index (χ2v) is 3.71. The first kappa shape index (κ1) is 14.9. The van der Waals surface area contributed by atoms with E-state index in [-0.39, 0.29) is 11.4 Å². The van der Waals surface area contributed by atoms with Crippen LogP contribution in [0.15, 0.2) is 24.3 Å². The third-order valence-corrected chi connectivity index (χ3v) is 2.30. The highest BCUT2D eigenvalue weighted by atomic mass is 16.6. The number of benzene rings is 1. The van der Waals surface area contributed by atoms with Gasteiger partial charge in [0, 0.05) is 25.8 Å². The summed E-state index contributed by atoms with van der Waals surface area (Å²) in [5.41, 5.74) is 0.0433. The van der Waals surface area contributed by atoms with Crippen LogP contribution in [0.25, 0.3) is 0 Å². The molecule has 0 unspecified atom stereocenters. The van der Waals surface area contributed by atoms with E-state index in [2.05, 4.69) is 10.6 Å². The van der Waals surface area contributed by atoms with Gasteiger partial charge in [-0.05, 0) is 19.4 Å². The summed E-state index contributed by atoms with van der Waals surface area (Å²) in [6.45, 7) is 3.56. The molecule has 0 bridgehead atoms. The molecule has 0 aliphatic rings. The molecule has 0 aliphatic heterocycles. The zero-order chi connectivity index (χ0) is 14.1. The van der Waals surface area contributed by atoms with Gasteiger partial charge in [-0.2, -0.15) is 0 Å². The summed E-state index contributed by atoms with van der Waals surface area (Å²) < 4.78 is 5.12. The first-order valence-electron chi connectivity index (χ1n) is 6.01. The molecular weight excluding hydrogens is 250 g/mol. The Labute approximate surface area is 111 Å². The fraction of sp³-hybridized carbons (Fsp3) is 0.417. The van der Waals surface area contributed by atoms with E-state index >= 15 is 0 Å². The van der Waals surface area contributed by atoms with Crippen LogP contribution in [0.1, 0.15) is 13.3 Å². The first-order chi connectivity index (χ1) is 9.15. The second-order valence-electron chi connectivity index (χ2n) is 3.71. The molecule has 1 aromatic rings. The maximum atomic E-state index is 11.5. The zero-order valence-electron chi connectivity index (χ0n) is 10.7. The maximum absolute atomic E-state index is 11.5. The standard InChI is InChI=1S/C12H17N3O4/c1-2-19-9-5-8-13-12(16)14-10-6-3-4-7-11(10)15(17)18/h3-4,6-7H,2,5,8-9H2,1H3,(H2,13,14,16). The average Bonchev–Trinajstić information content (AvgIpc) is 2.39. The molecule has 0 radical (unpaired) electrons. The van der Waals surface area contributed by atoms with E-state index in [9.17, 15) is 14.9 Å². The summed E-state index contributed by atoms with van der Waals surface area (Å²) in [5.74, 6) is 0. The Balaban J connectivity index is 2.42. The van der Waals surface area contributed by atoms with Gasteiger partial charge in [-0.3, -0.25) is 10.1 Å². The van der Waals surface area contributed by atoms with Gasteiger partial charge in [-0.1, -0.05) is 12.1 Å². The highest BCUT2D eigenvalue weighted by Crippen LogP contribution is 2.22. The van der Waals surface area contributed by atoms with Gasteiger partial charge in [0.2, 0.25) is 0 Å². The van der Waals surface area contributed by atoms with Gasteiger partial charge >= 0.3 is 6.03 Å². The Kier molecular flexibility index (Phi) is 6.31. The summed E-state index contributed by atoms with van der Waals surface area (Å²) in [6.07, 6.45) is 0.693. The van der Waals surface area contributed by atoms with E-state index in [1.165, 1.54) is 12.1 Å². The molecule has 2 amide bonds. The van der Waals surface area contributed by atoms with Crippen molar-refractivity contribution in [3.8, 4) is 0 Å². The molecule has 0 spiro atoms. The number of anilines is 1. The minimum absolute atomic E-state index is 0.132. The van der Waals surface area contributed by atoms with Gasteiger partial charge in [0.05, 0.1) is 4.92 Å². The van der Waals surface area contributed by atoms with E-state index in [1.54, 1.807) is 12.1 Å². The largest absolute Gasteiger partial charge is 0.382 e. The van der Waals surface area contributed by atoms with E-state index < -0.39 is 11.0 Å². The molecule has 0 saturated heterocycles. The van der Waals surface area contributed by atoms with Crippen LogP contribution in [-0.4, -0.2) is 30.7 Å². The fourth-order valence-corrected chi connectivity index (χ4v) is 1.43. The molecule has 1 aromatic carbocycles. The van der Waals surface area contributed by atoms with Crippen LogP contribution in [0.4, 0.5) is 16.2 Å². The number of carbonyl (C=O) groups is 1. The molecule has 104 valence electrons. The Morgan fingerprint density at radius 3 is 2.84 bits per heavy atom. The molecule has 7 nitrogen and oxygen atoms in total. The number of carbonyl (C=O) groups excluding carboxylic acids is 1. The summed E-state index contributed by atoms with van der Waals surface area (Å²) in [6, 6.07) is 5.52. The van der Waals surface area contributed by atoms with E-state index in [1.807, 2.05) is 6.92 Å². The van der Waals surface area contributed by atoms with E-state index in [0.717, 1.165) is 0 Å². The van der Waals surface area contributed by atoms with Gasteiger partial charge in [0.25, 0.3) is 5.69 Å². The van der Waals surface area contributed by atoms with Crippen LogP contribution in [0.3, 0.4) is 0 Å². The summed E-state index contributed by atoms with van der Waals surface area (Å²) in [5, 5.41) is 15.8. The molecule has 0 aromatic heterocycles. The lowest BCUT2D eigenvalue weighted by atomic mass is 10.3. The molecule has 19 heavy (non-hydrogen) atoms. The van der Waals surface area contributed by atoms with Gasteiger partial charge in [-0.25, -0.2) is 4.79 Å². The lowest BCUT2D eigenvalue weighted by Crippen LogP contribution is -2.30. The molecule has 0 atom stereocenters.